The Kier molecular flexibility index (Phi) is 7.20. The Balaban J connectivity index is 2.56. The van der Waals surface area contributed by atoms with Gasteiger partial charge in [0.05, 0.1) is 0 Å². The molecule has 0 aromatic heterocycles. The van der Waals surface area contributed by atoms with Crippen molar-refractivity contribution < 1.29 is 4.74 Å². The molecule has 1 heterocycles. The molecule has 0 amide bonds. The van der Waals surface area contributed by atoms with Gasteiger partial charge >= 0.3 is 0 Å². The maximum Gasteiger partial charge on any atom is 0.0472 e. The molecule has 1 aliphatic heterocycles. The van der Waals surface area contributed by atoms with E-state index < -0.39 is 0 Å². The predicted octanol–water partition coefficient (Wildman–Crippen LogP) is 2.37. The van der Waals surface area contributed by atoms with Crippen LogP contribution in [0.4, 0.5) is 0 Å². The monoisotopic (exact) mass is 256 g/mol. The van der Waals surface area contributed by atoms with Crippen LogP contribution in [0.25, 0.3) is 0 Å². The van der Waals surface area contributed by atoms with Crippen LogP contribution in [0.2, 0.25) is 0 Å². The van der Waals surface area contributed by atoms with E-state index in [1.807, 2.05) is 0 Å². The van der Waals surface area contributed by atoms with Crippen LogP contribution in [0.5, 0.6) is 0 Å². The molecule has 1 N–H and O–H groups in total. The van der Waals surface area contributed by atoms with E-state index >= 15 is 0 Å². The zero-order valence-corrected chi connectivity index (χ0v) is 12.8. The average molecular weight is 256 g/mol. The van der Waals surface area contributed by atoms with E-state index in [0.29, 0.717) is 5.41 Å². The number of nitrogens with zero attached hydrogens (tertiary/aromatic N) is 1. The molecule has 3 heteroatoms. The summed E-state index contributed by atoms with van der Waals surface area (Å²) in [6.45, 7) is 13.5. The third-order valence-corrected chi connectivity index (χ3v) is 4.38. The highest BCUT2D eigenvalue weighted by Crippen LogP contribution is 2.31. The summed E-state index contributed by atoms with van der Waals surface area (Å²) in [5.74, 6) is 0.802. The first kappa shape index (κ1) is 15.9. The lowest BCUT2D eigenvalue weighted by Gasteiger charge is -2.41. The molecule has 108 valence electrons. The fraction of sp³-hybridized carbons (Fsp3) is 1.00. The van der Waals surface area contributed by atoms with Crippen LogP contribution >= 0.6 is 0 Å². The molecule has 3 nitrogen and oxygen atoms in total. The SMILES string of the molecule is CCC(C)CN(CC)CC1(CNC)CCOCC1. The van der Waals surface area contributed by atoms with Gasteiger partial charge in [-0.3, -0.25) is 0 Å². The summed E-state index contributed by atoms with van der Waals surface area (Å²) in [5, 5.41) is 3.39. The second kappa shape index (κ2) is 8.13. The Labute approximate surface area is 113 Å². The first-order chi connectivity index (χ1) is 8.65. The molecule has 1 atom stereocenters. The largest absolute Gasteiger partial charge is 0.381 e. The van der Waals surface area contributed by atoms with Crippen molar-refractivity contribution in [1.82, 2.24) is 10.2 Å². The van der Waals surface area contributed by atoms with Crippen molar-refractivity contribution in [1.29, 1.82) is 0 Å². The Morgan fingerprint density at radius 1 is 1.28 bits per heavy atom. The van der Waals surface area contributed by atoms with E-state index in [1.54, 1.807) is 0 Å². The molecule has 1 unspecified atom stereocenters. The Hall–Kier alpha value is -0.120. The minimum Gasteiger partial charge on any atom is -0.381 e. The number of rotatable bonds is 8. The fourth-order valence-corrected chi connectivity index (χ4v) is 2.92. The Morgan fingerprint density at radius 3 is 2.44 bits per heavy atom. The highest BCUT2D eigenvalue weighted by molar-refractivity contribution is 4.87. The van der Waals surface area contributed by atoms with Crippen molar-refractivity contribution in [3.05, 3.63) is 0 Å². The van der Waals surface area contributed by atoms with Gasteiger partial charge in [-0.2, -0.15) is 0 Å². The summed E-state index contributed by atoms with van der Waals surface area (Å²) in [6, 6.07) is 0. The second-order valence-corrected chi connectivity index (χ2v) is 5.98. The molecule has 0 saturated carbocycles. The van der Waals surface area contributed by atoms with Gasteiger partial charge in [0.1, 0.15) is 0 Å². The molecule has 18 heavy (non-hydrogen) atoms. The quantitative estimate of drug-likeness (QED) is 0.721. The molecule has 0 aromatic carbocycles. The standard InChI is InChI=1S/C15H32N2O/c1-5-14(3)11-17(6-2)13-15(12-16-4)7-9-18-10-8-15/h14,16H,5-13H2,1-4H3. The van der Waals surface area contributed by atoms with Crippen molar-refractivity contribution in [2.45, 2.75) is 40.0 Å². The first-order valence-electron chi connectivity index (χ1n) is 7.60. The first-order valence-corrected chi connectivity index (χ1v) is 7.60. The molecular weight excluding hydrogens is 224 g/mol. The molecule has 1 saturated heterocycles. The number of nitrogens with one attached hydrogen (secondary N) is 1. The molecule has 0 aromatic rings. The van der Waals surface area contributed by atoms with Crippen LogP contribution < -0.4 is 5.32 Å². The van der Waals surface area contributed by atoms with E-state index in [-0.39, 0.29) is 0 Å². The zero-order chi connectivity index (χ0) is 13.4. The van der Waals surface area contributed by atoms with Gasteiger partial charge < -0.3 is 15.0 Å². The summed E-state index contributed by atoms with van der Waals surface area (Å²) in [6.07, 6.45) is 3.67. The van der Waals surface area contributed by atoms with Crippen molar-refractivity contribution in [3.8, 4) is 0 Å². The molecular formula is C15H32N2O. The Bertz CT molecular complexity index is 209. The van der Waals surface area contributed by atoms with Crippen LogP contribution in [-0.2, 0) is 4.74 Å². The summed E-state index contributed by atoms with van der Waals surface area (Å²) in [5.41, 5.74) is 0.427. The maximum absolute atomic E-state index is 5.54. The lowest BCUT2D eigenvalue weighted by Crippen LogP contribution is -2.47. The van der Waals surface area contributed by atoms with Crippen LogP contribution in [0.1, 0.15) is 40.0 Å². The lowest BCUT2D eigenvalue weighted by atomic mass is 9.79. The normalized spacial score (nSPS) is 21.2. The minimum absolute atomic E-state index is 0.427. The van der Waals surface area contributed by atoms with Gasteiger partial charge in [0.2, 0.25) is 0 Å². The molecule has 1 rings (SSSR count). The van der Waals surface area contributed by atoms with Crippen LogP contribution in [0.15, 0.2) is 0 Å². The van der Waals surface area contributed by atoms with Crippen molar-refractivity contribution in [2.75, 3.05) is 46.4 Å². The number of hydrogen-bond donors (Lipinski definition) is 1. The van der Waals surface area contributed by atoms with Crippen LogP contribution in [0, 0.1) is 11.3 Å². The van der Waals surface area contributed by atoms with E-state index in [2.05, 4.69) is 38.0 Å². The Morgan fingerprint density at radius 2 is 1.94 bits per heavy atom. The predicted molar refractivity (Wildman–Crippen MR) is 78.0 cm³/mol. The molecule has 0 spiro atoms. The van der Waals surface area contributed by atoms with E-state index in [1.165, 1.54) is 32.4 Å². The minimum atomic E-state index is 0.427. The van der Waals surface area contributed by atoms with Crippen LogP contribution in [0.3, 0.4) is 0 Å². The van der Waals surface area contributed by atoms with Crippen molar-refractivity contribution in [3.63, 3.8) is 0 Å². The molecule has 0 aliphatic carbocycles. The lowest BCUT2D eigenvalue weighted by molar-refractivity contribution is -0.00471. The van der Waals surface area contributed by atoms with Crippen LogP contribution in [-0.4, -0.2) is 51.3 Å². The topological polar surface area (TPSA) is 24.5 Å². The van der Waals surface area contributed by atoms with Gasteiger partial charge in [-0.15, -0.1) is 0 Å². The molecule has 0 bridgehead atoms. The zero-order valence-electron chi connectivity index (χ0n) is 12.8. The van der Waals surface area contributed by atoms with Crippen molar-refractivity contribution >= 4 is 0 Å². The third kappa shape index (κ3) is 4.87. The number of ether oxygens (including phenoxy) is 1. The smallest absolute Gasteiger partial charge is 0.0472 e. The van der Waals surface area contributed by atoms with Gasteiger partial charge in [0.15, 0.2) is 0 Å². The van der Waals surface area contributed by atoms with Gasteiger partial charge in [-0.25, -0.2) is 0 Å². The second-order valence-electron chi connectivity index (χ2n) is 5.98. The van der Waals surface area contributed by atoms with Gasteiger partial charge in [-0.1, -0.05) is 27.2 Å². The third-order valence-electron chi connectivity index (χ3n) is 4.38. The van der Waals surface area contributed by atoms with E-state index in [0.717, 1.165) is 32.2 Å². The average Bonchev–Trinajstić information content (AvgIpc) is 2.39. The summed E-state index contributed by atoms with van der Waals surface area (Å²) in [7, 11) is 2.07. The van der Waals surface area contributed by atoms with E-state index in [9.17, 15) is 0 Å². The van der Waals surface area contributed by atoms with Gasteiger partial charge in [0.25, 0.3) is 0 Å². The molecule has 0 radical (unpaired) electrons. The highest BCUT2D eigenvalue weighted by atomic mass is 16.5. The van der Waals surface area contributed by atoms with Crippen molar-refractivity contribution in [2.24, 2.45) is 11.3 Å². The van der Waals surface area contributed by atoms with E-state index in [4.69, 9.17) is 4.74 Å². The summed E-state index contributed by atoms with van der Waals surface area (Å²) >= 11 is 0. The highest BCUT2D eigenvalue weighted by Gasteiger charge is 2.33. The van der Waals surface area contributed by atoms with Gasteiger partial charge in [0, 0.05) is 32.8 Å². The van der Waals surface area contributed by atoms with Gasteiger partial charge in [-0.05, 0) is 37.8 Å². The molecule has 1 aliphatic rings. The molecule has 1 fully saturated rings. The summed E-state index contributed by atoms with van der Waals surface area (Å²) in [4.78, 5) is 2.64. The summed E-state index contributed by atoms with van der Waals surface area (Å²) < 4.78 is 5.54. The maximum atomic E-state index is 5.54. The number of hydrogen-bond acceptors (Lipinski definition) is 3. The fourth-order valence-electron chi connectivity index (χ4n) is 2.92.